The number of nitrogens with zero attached hydrogens (tertiary/aromatic N) is 2. The molecule has 1 aliphatic rings. The third-order valence-electron chi connectivity index (χ3n) is 3.55. The largest absolute Gasteiger partial charge is 0.497 e. The quantitative estimate of drug-likeness (QED) is 0.864. The van der Waals surface area contributed by atoms with E-state index in [1.807, 2.05) is 18.2 Å². The van der Waals surface area contributed by atoms with Gasteiger partial charge in [0.2, 0.25) is 0 Å². The van der Waals surface area contributed by atoms with E-state index in [0.717, 1.165) is 41.0 Å². The van der Waals surface area contributed by atoms with E-state index in [0.29, 0.717) is 0 Å². The summed E-state index contributed by atoms with van der Waals surface area (Å²) in [6.07, 6.45) is 2.52. The molecule has 3 rings (SSSR count). The van der Waals surface area contributed by atoms with Crippen molar-refractivity contribution in [3.8, 4) is 22.8 Å². The van der Waals surface area contributed by atoms with Gasteiger partial charge in [-0.3, -0.25) is 0 Å². The van der Waals surface area contributed by atoms with Crippen LogP contribution in [-0.4, -0.2) is 32.3 Å². The Kier molecular flexibility index (Phi) is 3.78. The average molecular weight is 290 g/mol. The van der Waals surface area contributed by atoms with E-state index in [1.54, 1.807) is 25.6 Å². The third kappa shape index (κ3) is 2.45. The van der Waals surface area contributed by atoms with E-state index >= 15 is 0 Å². The van der Waals surface area contributed by atoms with Crippen molar-refractivity contribution < 1.29 is 9.47 Å². The molecule has 0 unspecified atom stereocenters. The van der Waals surface area contributed by atoms with Gasteiger partial charge in [0.1, 0.15) is 11.5 Å². The predicted molar refractivity (Wildman–Crippen MR) is 82.1 cm³/mol. The summed E-state index contributed by atoms with van der Waals surface area (Å²) < 4.78 is 10.7. The Morgan fingerprint density at radius 3 is 2.65 bits per heavy atom. The number of ether oxygens (including phenoxy) is 2. The molecule has 1 fully saturated rings. The van der Waals surface area contributed by atoms with Gasteiger partial charge in [-0.1, -0.05) is 0 Å². The van der Waals surface area contributed by atoms with Crippen molar-refractivity contribution in [2.24, 2.45) is 0 Å². The summed E-state index contributed by atoms with van der Waals surface area (Å²) in [6.45, 7) is 2.23. The Balaban J connectivity index is 1.95. The molecule has 1 aromatic heterocycles. The van der Waals surface area contributed by atoms with Gasteiger partial charge >= 0.3 is 0 Å². The molecule has 106 valence electrons. The highest BCUT2D eigenvalue weighted by Gasteiger charge is 2.17. The summed E-state index contributed by atoms with van der Waals surface area (Å²) >= 11 is 1.69. The van der Waals surface area contributed by atoms with Gasteiger partial charge in [-0.15, -0.1) is 11.3 Å². The van der Waals surface area contributed by atoms with Crippen molar-refractivity contribution in [2.45, 2.75) is 12.8 Å². The van der Waals surface area contributed by atoms with Gasteiger partial charge in [0.15, 0.2) is 5.13 Å². The summed E-state index contributed by atoms with van der Waals surface area (Å²) in [5.74, 6) is 1.64. The Morgan fingerprint density at radius 1 is 1.15 bits per heavy atom. The van der Waals surface area contributed by atoms with Crippen molar-refractivity contribution >= 4 is 16.5 Å². The van der Waals surface area contributed by atoms with Crippen LogP contribution < -0.4 is 14.4 Å². The molecule has 0 spiro atoms. The normalized spacial score (nSPS) is 14.6. The molecule has 0 bridgehead atoms. The van der Waals surface area contributed by atoms with E-state index in [2.05, 4.69) is 10.3 Å². The minimum absolute atomic E-state index is 0.816. The number of thiazole rings is 1. The average Bonchev–Trinajstić information content (AvgIpc) is 3.17. The summed E-state index contributed by atoms with van der Waals surface area (Å²) in [7, 11) is 3.35. The van der Waals surface area contributed by atoms with Crippen molar-refractivity contribution in [1.29, 1.82) is 0 Å². The van der Waals surface area contributed by atoms with E-state index in [4.69, 9.17) is 14.5 Å². The van der Waals surface area contributed by atoms with Crippen molar-refractivity contribution in [3.05, 3.63) is 23.6 Å². The maximum Gasteiger partial charge on any atom is 0.185 e. The van der Waals surface area contributed by atoms with Crippen LogP contribution in [-0.2, 0) is 0 Å². The zero-order chi connectivity index (χ0) is 13.9. The molecule has 0 aliphatic carbocycles. The number of methoxy groups -OCH3 is 2. The predicted octanol–water partition coefficient (Wildman–Crippen LogP) is 3.43. The number of rotatable bonds is 4. The van der Waals surface area contributed by atoms with E-state index < -0.39 is 0 Å². The molecule has 0 N–H and O–H groups in total. The monoisotopic (exact) mass is 290 g/mol. The Labute approximate surface area is 123 Å². The Hall–Kier alpha value is -1.75. The molecule has 20 heavy (non-hydrogen) atoms. The van der Waals surface area contributed by atoms with Crippen LogP contribution in [0.1, 0.15) is 12.8 Å². The molecule has 0 radical (unpaired) electrons. The number of benzene rings is 1. The van der Waals surface area contributed by atoms with Gasteiger partial charge in [-0.25, -0.2) is 4.98 Å². The fraction of sp³-hybridized carbons (Fsp3) is 0.400. The molecule has 1 aliphatic heterocycles. The molecule has 2 heterocycles. The molecular weight excluding hydrogens is 272 g/mol. The van der Waals surface area contributed by atoms with Crippen molar-refractivity contribution in [2.75, 3.05) is 32.2 Å². The van der Waals surface area contributed by atoms with E-state index in [-0.39, 0.29) is 0 Å². The minimum Gasteiger partial charge on any atom is -0.497 e. The maximum atomic E-state index is 5.43. The van der Waals surface area contributed by atoms with Gasteiger partial charge in [0.25, 0.3) is 0 Å². The molecule has 0 saturated carbocycles. The fourth-order valence-corrected chi connectivity index (χ4v) is 3.34. The molecule has 4 nitrogen and oxygen atoms in total. The lowest BCUT2D eigenvalue weighted by Crippen LogP contribution is -2.17. The lowest BCUT2D eigenvalue weighted by molar-refractivity contribution is 0.404. The van der Waals surface area contributed by atoms with Crippen LogP contribution in [0.2, 0.25) is 0 Å². The molecule has 2 aromatic rings. The van der Waals surface area contributed by atoms with Gasteiger partial charge < -0.3 is 14.4 Å². The zero-order valence-electron chi connectivity index (χ0n) is 11.8. The standard InChI is InChI=1S/C15H18N2O2S/c1-18-11-5-6-14(19-2)12(9-11)13-10-20-15(16-13)17-7-3-4-8-17/h5-6,9-10H,3-4,7-8H2,1-2H3. The van der Waals surface area contributed by atoms with Crippen molar-refractivity contribution in [3.63, 3.8) is 0 Å². The molecule has 0 atom stereocenters. The van der Waals surface area contributed by atoms with Crippen LogP contribution in [0.5, 0.6) is 11.5 Å². The molecule has 0 amide bonds. The van der Waals surface area contributed by atoms with Gasteiger partial charge in [0, 0.05) is 24.0 Å². The van der Waals surface area contributed by atoms with Crippen LogP contribution in [0.3, 0.4) is 0 Å². The van der Waals surface area contributed by atoms with Crippen LogP contribution in [0.25, 0.3) is 11.3 Å². The molecular formula is C15H18N2O2S. The van der Waals surface area contributed by atoms with Crippen LogP contribution in [0, 0.1) is 0 Å². The summed E-state index contributed by atoms with van der Waals surface area (Å²) in [5.41, 5.74) is 1.93. The highest BCUT2D eigenvalue weighted by molar-refractivity contribution is 7.14. The van der Waals surface area contributed by atoms with Gasteiger partial charge in [-0.2, -0.15) is 0 Å². The highest BCUT2D eigenvalue weighted by atomic mass is 32.1. The molecule has 1 saturated heterocycles. The lowest BCUT2D eigenvalue weighted by atomic mass is 10.1. The van der Waals surface area contributed by atoms with Gasteiger partial charge in [0.05, 0.1) is 19.9 Å². The zero-order valence-corrected chi connectivity index (χ0v) is 12.6. The number of aromatic nitrogens is 1. The van der Waals surface area contributed by atoms with Crippen molar-refractivity contribution in [1.82, 2.24) is 4.98 Å². The summed E-state index contributed by atoms with van der Waals surface area (Å²) in [6, 6.07) is 5.79. The lowest BCUT2D eigenvalue weighted by Gasteiger charge is -2.12. The minimum atomic E-state index is 0.816. The second-order valence-electron chi connectivity index (χ2n) is 4.78. The van der Waals surface area contributed by atoms with E-state index in [9.17, 15) is 0 Å². The number of anilines is 1. The first-order valence-electron chi connectivity index (χ1n) is 6.74. The first-order chi connectivity index (χ1) is 9.81. The summed E-state index contributed by atoms with van der Waals surface area (Å²) in [5, 5.41) is 3.19. The fourth-order valence-electron chi connectivity index (χ4n) is 2.46. The highest BCUT2D eigenvalue weighted by Crippen LogP contribution is 2.36. The molecule has 5 heteroatoms. The van der Waals surface area contributed by atoms with Gasteiger partial charge in [-0.05, 0) is 31.0 Å². The van der Waals surface area contributed by atoms with E-state index in [1.165, 1.54) is 12.8 Å². The summed E-state index contributed by atoms with van der Waals surface area (Å²) in [4.78, 5) is 7.10. The number of hydrogen-bond acceptors (Lipinski definition) is 5. The molecule has 1 aromatic carbocycles. The third-order valence-corrected chi connectivity index (χ3v) is 4.45. The SMILES string of the molecule is COc1ccc(OC)c(-c2csc(N3CCCC3)n2)c1. The second-order valence-corrected chi connectivity index (χ2v) is 5.61. The van der Waals surface area contributed by atoms with Crippen LogP contribution in [0.4, 0.5) is 5.13 Å². The second kappa shape index (κ2) is 5.71. The Morgan fingerprint density at radius 2 is 1.95 bits per heavy atom. The maximum absolute atomic E-state index is 5.43. The topological polar surface area (TPSA) is 34.6 Å². The Bertz CT molecular complexity index is 591. The first kappa shape index (κ1) is 13.2. The van der Waals surface area contributed by atoms with Crippen LogP contribution >= 0.6 is 11.3 Å². The number of hydrogen-bond donors (Lipinski definition) is 0. The van der Waals surface area contributed by atoms with Crippen LogP contribution in [0.15, 0.2) is 23.6 Å². The smallest absolute Gasteiger partial charge is 0.185 e. The first-order valence-corrected chi connectivity index (χ1v) is 7.62.